The summed E-state index contributed by atoms with van der Waals surface area (Å²) < 4.78 is 0. The van der Waals surface area contributed by atoms with Gasteiger partial charge < -0.3 is 10.2 Å². The van der Waals surface area contributed by atoms with Crippen LogP contribution in [-0.2, 0) is 5.41 Å². The van der Waals surface area contributed by atoms with Crippen LogP contribution in [0.1, 0.15) is 53.5 Å². The van der Waals surface area contributed by atoms with Crippen molar-refractivity contribution in [3.05, 3.63) is 35.9 Å². The molecule has 0 amide bonds. The lowest BCUT2D eigenvalue weighted by molar-refractivity contribution is 0.254. The number of rotatable bonds is 9. The summed E-state index contributed by atoms with van der Waals surface area (Å²) in [6.07, 6.45) is 1.15. The van der Waals surface area contributed by atoms with Crippen molar-refractivity contribution in [3.63, 3.8) is 0 Å². The molecule has 0 fully saturated rings. The lowest BCUT2D eigenvalue weighted by atomic mass is 9.79. The van der Waals surface area contributed by atoms with E-state index in [0.29, 0.717) is 12.1 Å². The van der Waals surface area contributed by atoms with Gasteiger partial charge in [-0.25, -0.2) is 0 Å². The van der Waals surface area contributed by atoms with Gasteiger partial charge in [-0.3, -0.25) is 0 Å². The molecule has 0 radical (unpaired) electrons. The second-order valence-electron chi connectivity index (χ2n) is 6.91. The quantitative estimate of drug-likeness (QED) is 0.738. The van der Waals surface area contributed by atoms with Crippen LogP contribution in [0.5, 0.6) is 0 Å². The first-order valence-electron chi connectivity index (χ1n) is 8.43. The topological polar surface area (TPSA) is 15.3 Å². The maximum atomic E-state index is 3.76. The van der Waals surface area contributed by atoms with E-state index in [9.17, 15) is 0 Å². The van der Waals surface area contributed by atoms with E-state index < -0.39 is 0 Å². The largest absolute Gasteiger partial charge is 0.310 e. The van der Waals surface area contributed by atoms with E-state index in [4.69, 9.17) is 0 Å². The lowest BCUT2D eigenvalue weighted by Crippen LogP contribution is -2.44. The van der Waals surface area contributed by atoms with Gasteiger partial charge in [0, 0.05) is 18.6 Å². The highest BCUT2D eigenvalue weighted by Crippen LogP contribution is 2.28. The second-order valence-corrected chi connectivity index (χ2v) is 6.91. The first kappa shape index (κ1) is 18.2. The van der Waals surface area contributed by atoms with Crippen molar-refractivity contribution < 1.29 is 0 Å². The molecule has 2 atom stereocenters. The Balaban J connectivity index is 2.51. The van der Waals surface area contributed by atoms with Gasteiger partial charge in [0.2, 0.25) is 0 Å². The summed E-state index contributed by atoms with van der Waals surface area (Å²) in [7, 11) is 0. The minimum atomic E-state index is 0.211. The molecule has 120 valence electrons. The Bertz CT molecular complexity index is 382. The number of hydrogen-bond acceptors (Lipinski definition) is 2. The van der Waals surface area contributed by atoms with Crippen molar-refractivity contribution in [1.82, 2.24) is 10.2 Å². The number of hydrogen-bond donors (Lipinski definition) is 1. The molecule has 0 aromatic heterocycles. The zero-order chi connectivity index (χ0) is 15.9. The highest BCUT2D eigenvalue weighted by Gasteiger charge is 2.23. The molecule has 0 bridgehead atoms. The molecule has 0 heterocycles. The smallest absolute Gasteiger partial charge is 0.0169 e. The van der Waals surface area contributed by atoms with Gasteiger partial charge >= 0.3 is 0 Å². The normalized spacial score (nSPS) is 15.2. The maximum Gasteiger partial charge on any atom is 0.0169 e. The second kappa shape index (κ2) is 8.55. The highest BCUT2D eigenvalue weighted by molar-refractivity contribution is 5.23. The molecule has 0 saturated heterocycles. The van der Waals surface area contributed by atoms with Crippen LogP contribution in [0.15, 0.2) is 30.3 Å². The lowest BCUT2D eigenvalue weighted by Gasteiger charge is -2.32. The fourth-order valence-corrected chi connectivity index (χ4v) is 3.24. The average molecular weight is 290 g/mol. The molecular formula is C19H34N2. The van der Waals surface area contributed by atoms with Crippen LogP contribution in [0.3, 0.4) is 0 Å². The van der Waals surface area contributed by atoms with E-state index in [0.717, 1.165) is 26.1 Å². The molecule has 0 saturated carbocycles. The van der Waals surface area contributed by atoms with Gasteiger partial charge in [0.05, 0.1) is 0 Å². The van der Waals surface area contributed by atoms with E-state index >= 15 is 0 Å². The van der Waals surface area contributed by atoms with Crippen molar-refractivity contribution in [1.29, 1.82) is 0 Å². The monoisotopic (exact) mass is 290 g/mol. The molecule has 1 N–H and O–H groups in total. The summed E-state index contributed by atoms with van der Waals surface area (Å²) in [6, 6.07) is 11.9. The van der Waals surface area contributed by atoms with Crippen molar-refractivity contribution in [2.45, 2.75) is 65.5 Å². The highest BCUT2D eigenvalue weighted by atomic mass is 15.1. The van der Waals surface area contributed by atoms with Crippen LogP contribution < -0.4 is 5.32 Å². The average Bonchev–Trinajstić information content (AvgIpc) is 2.45. The SMILES string of the molecule is CCN(CC)CC(C)NC(C)CC(C)(C)c1ccccc1. The van der Waals surface area contributed by atoms with Crippen LogP contribution in [0.25, 0.3) is 0 Å². The molecule has 1 rings (SSSR count). The Hall–Kier alpha value is -0.860. The summed E-state index contributed by atoms with van der Waals surface area (Å²) >= 11 is 0. The summed E-state index contributed by atoms with van der Waals surface area (Å²) in [5.41, 5.74) is 1.64. The van der Waals surface area contributed by atoms with Gasteiger partial charge in [0.25, 0.3) is 0 Å². The van der Waals surface area contributed by atoms with Crippen molar-refractivity contribution in [2.24, 2.45) is 0 Å². The number of nitrogens with zero attached hydrogens (tertiary/aromatic N) is 1. The van der Waals surface area contributed by atoms with Gasteiger partial charge in [-0.05, 0) is 44.3 Å². The van der Waals surface area contributed by atoms with Crippen LogP contribution >= 0.6 is 0 Å². The Kier molecular flexibility index (Phi) is 7.41. The third-order valence-corrected chi connectivity index (χ3v) is 4.37. The van der Waals surface area contributed by atoms with E-state index in [1.807, 2.05) is 0 Å². The molecule has 21 heavy (non-hydrogen) atoms. The molecule has 2 nitrogen and oxygen atoms in total. The molecule has 1 aromatic rings. The summed E-state index contributed by atoms with van der Waals surface area (Å²) in [5.74, 6) is 0. The number of benzene rings is 1. The fourth-order valence-electron chi connectivity index (χ4n) is 3.24. The van der Waals surface area contributed by atoms with Crippen LogP contribution in [0.4, 0.5) is 0 Å². The molecule has 0 aliphatic carbocycles. The van der Waals surface area contributed by atoms with Crippen LogP contribution in [0, 0.1) is 0 Å². The molecule has 1 aromatic carbocycles. The third-order valence-electron chi connectivity index (χ3n) is 4.37. The van der Waals surface area contributed by atoms with Crippen molar-refractivity contribution in [2.75, 3.05) is 19.6 Å². The van der Waals surface area contributed by atoms with Crippen molar-refractivity contribution >= 4 is 0 Å². The summed E-state index contributed by atoms with van der Waals surface area (Å²) in [5, 5.41) is 3.76. The Morgan fingerprint density at radius 2 is 1.57 bits per heavy atom. The van der Waals surface area contributed by atoms with E-state index in [-0.39, 0.29) is 5.41 Å². The zero-order valence-corrected chi connectivity index (χ0v) is 14.8. The fraction of sp³-hybridized carbons (Fsp3) is 0.684. The minimum absolute atomic E-state index is 0.211. The predicted molar refractivity (Wildman–Crippen MR) is 93.9 cm³/mol. The van der Waals surface area contributed by atoms with E-state index in [1.54, 1.807) is 0 Å². The Morgan fingerprint density at radius 1 is 1.00 bits per heavy atom. The Labute approximate surface area is 131 Å². The van der Waals surface area contributed by atoms with Gasteiger partial charge in [-0.15, -0.1) is 0 Å². The summed E-state index contributed by atoms with van der Waals surface area (Å²) in [6.45, 7) is 17.1. The van der Waals surface area contributed by atoms with Gasteiger partial charge in [-0.1, -0.05) is 58.0 Å². The molecule has 0 spiro atoms. The molecular weight excluding hydrogens is 256 g/mol. The van der Waals surface area contributed by atoms with Gasteiger partial charge in [0.1, 0.15) is 0 Å². The Morgan fingerprint density at radius 3 is 2.10 bits per heavy atom. The van der Waals surface area contributed by atoms with Crippen molar-refractivity contribution in [3.8, 4) is 0 Å². The molecule has 0 aliphatic heterocycles. The minimum Gasteiger partial charge on any atom is -0.310 e. The van der Waals surface area contributed by atoms with Gasteiger partial charge in [-0.2, -0.15) is 0 Å². The number of likely N-dealkylation sites (N-methyl/N-ethyl adjacent to an activating group) is 1. The summed E-state index contributed by atoms with van der Waals surface area (Å²) in [4.78, 5) is 2.48. The maximum absolute atomic E-state index is 3.76. The van der Waals surface area contributed by atoms with Crippen LogP contribution in [0.2, 0.25) is 0 Å². The predicted octanol–water partition coefficient (Wildman–Crippen LogP) is 4.06. The first-order valence-corrected chi connectivity index (χ1v) is 8.43. The van der Waals surface area contributed by atoms with E-state index in [1.165, 1.54) is 5.56 Å². The zero-order valence-electron chi connectivity index (χ0n) is 14.8. The first-order chi connectivity index (χ1) is 9.89. The standard InChI is InChI=1S/C19H34N2/c1-7-21(8-2)15-17(4)20-16(3)14-19(5,6)18-12-10-9-11-13-18/h9-13,16-17,20H,7-8,14-15H2,1-6H3. The molecule has 2 unspecified atom stereocenters. The van der Waals surface area contributed by atoms with Gasteiger partial charge in [0.15, 0.2) is 0 Å². The number of nitrogens with one attached hydrogen (secondary N) is 1. The molecule has 0 aliphatic rings. The van der Waals surface area contributed by atoms with Crippen LogP contribution in [-0.4, -0.2) is 36.6 Å². The third kappa shape index (κ3) is 6.19. The molecule has 2 heteroatoms. The van der Waals surface area contributed by atoms with E-state index in [2.05, 4.69) is 82.1 Å².